The summed E-state index contributed by atoms with van der Waals surface area (Å²) in [5.74, 6) is 0.533. The zero-order valence-corrected chi connectivity index (χ0v) is 8.61. The maximum absolute atomic E-state index is 10.5. The number of ether oxygens (including phenoxy) is 1. The normalized spacial score (nSPS) is 21.1. The Kier molecular flexibility index (Phi) is 3.40. The van der Waals surface area contributed by atoms with E-state index in [9.17, 15) is 8.42 Å². The summed E-state index contributed by atoms with van der Waals surface area (Å²) in [5, 5.41) is 0.0860. The molecule has 0 atom stereocenters. The lowest BCUT2D eigenvalue weighted by Crippen LogP contribution is -2.17. The first-order chi connectivity index (χ1) is 5.99. The van der Waals surface area contributed by atoms with Gasteiger partial charge in [-0.15, -0.1) is 0 Å². The maximum atomic E-state index is 10.5. The molecule has 0 aromatic carbocycles. The second-order valence-electron chi connectivity index (χ2n) is 2.58. The highest BCUT2D eigenvalue weighted by Crippen LogP contribution is 2.20. The summed E-state index contributed by atoms with van der Waals surface area (Å²) in [6.45, 7) is 0.603. The van der Waals surface area contributed by atoms with Gasteiger partial charge in [0.05, 0.1) is 12.9 Å². The summed E-state index contributed by atoms with van der Waals surface area (Å²) in [5.41, 5.74) is 2.10. The molecule has 76 valence electrons. The fourth-order valence-electron chi connectivity index (χ4n) is 0.843. The third-order valence-electron chi connectivity index (χ3n) is 1.35. The van der Waals surface area contributed by atoms with Gasteiger partial charge in [0.2, 0.25) is 0 Å². The number of rotatable bonds is 3. The average molecular weight is 228 g/mol. The van der Waals surface area contributed by atoms with E-state index < -0.39 is 10.1 Å². The topological polar surface area (TPSA) is 64.6 Å². The molecule has 1 fully saturated rings. The molecule has 0 aromatic heterocycles. The predicted octanol–water partition coefficient (Wildman–Crippen LogP) is 0.685. The monoisotopic (exact) mass is 227 g/mol. The Labute approximate surface area is 81.7 Å². The van der Waals surface area contributed by atoms with Gasteiger partial charge in [0.1, 0.15) is 5.76 Å². The molecule has 1 N–H and O–H groups in total. The van der Waals surface area contributed by atoms with Crippen molar-refractivity contribution in [2.45, 2.75) is 12.8 Å². The van der Waals surface area contributed by atoms with Crippen molar-refractivity contribution >= 4 is 21.7 Å². The second-order valence-corrected chi connectivity index (χ2v) is 4.53. The second kappa shape index (κ2) is 4.17. The zero-order valence-electron chi connectivity index (χ0n) is 7.04. The van der Waals surface area contributed by atoms with E-state index in [-0.39, 0.29) is 5.16 Å². The van der Waals surface area contributed by atoms with Crippen LogP contribution in [0.4, 0.5) is 0 Å². The molecule has 0 spiro atoms. The van der Waals surface area contributed by atoms with Gasteiger partial charge in [0, 0.05) is 6.42 Å². The van der Waals surface area contributed by atoms with Crippen LogP contribution in [0.15, 0.2) is 10.9 Å². The molecule has 13 heavy (non-hydrogen) atoms. The summed E-state index contributed by atoms with van der Waals surface area (Å²) in [4.78, 5) is 0. The van der Waals surface area contributed by atoms with Gasteiger partial charge in [-0.1, -0.05) is 11.6 Å². The standard InChI is InChI=1S/C6H10ClNO4S/c1-13(9,10)12-8-6(7)5-3-2-4-11-5/h8H,2-4H2,1H3. The maximum Gasteiger partial charge on any atom is 0.284 e. The van der Waals surface area contributed by atoms with Crippen molar-refractivity contribution in [3.8, 4) is 0 Å². The lowest BCUT2D eigenvalue weighted by atomic mass is 10.3. The molecule has 0 saturated carbocycles. The van der Waals surface area contributed by atoms with Crippen molar-refractivity contribution in [2.24, 2.45) is 0 Å². The summed E-state index contributed by atoms with van der Waals surface area (Å²) in [6.07, 6.45) is 2.50. The van der Waals surface area contributed by atoms with E-state index in [1.165, 1.54) is 0 Å². The molecule has 0 bridgehead atoms. The fourth-order valence-corrected chi connectivity index (χ4v) is 1.31. The molecule has 1 heterocycles. The van der Waals surface area contributed by atoms with Crippen LogP contribution in [0, 0.1) is 0 Å². The van der Waals surface area contributed by atoms with E-state index in [1.807, 2.05) is 0 Å². The number of hydroxylamine groups is 1. The number of nitrogens with one attached hydrogen (secondary N) is 1. The zero-order chi connectivity index (χ0) is 9.90. The molecule has 0 aliphatic carbocycles. The van der Waals surface area contributed by atoms with Crippen molar-refractivity contribution in [1.82, 2.24) is 5.48 Å². The van der Waals surface area contributed by atoms with Crippen molar-refractivity contribution in [2.75, 3.05) is 12.9 Å². The highest BCUT2D eigenvalue weighted by Gasteiger charge is 2.13. The summed E-state index contributed by atoms with van der Waals surface area (Å²) in [7, 11) is -3.53. The molecule has 1 rings (SSSR count). The lowest BCUT2D eigenvalue weighted by Gasteiger charge is -2.05. The van der Waals surface area contributed by atoms with Crippen LogP contribution in [-0.4, -0.2) is 21.3 Å². The van der Waals surface area contributed by atoms with Crippen molar-refractivity contribution in [1.29, 1.82) is 0 Å². The van der Waals surface area contributed by atoms with E-state index in [4.69, 9.17) is 16.3 Å². The summed E-state index contributed by atoms with van der Waals surface area (Å²) < 4.78 is 30.4. The first-order valence-electron chi connectivity index (χ1n) is 3.65. The van der Waals surface area contributed by atoms with Crippen molar-refractivity contribution < 1.29 is 17.4 Å². The first-order valence-corrected chi connectivity index (χ1v) is 5.84. The number of allylic oxidation sites excluding steroid dienone is 1. The number of hydrogen-bond donors (Lipinski definition) is 1. The average Bonchev–Trinajstić information content (AvgIpc) is 2.50. The van der Waals surface area contributed by atoms with Crippen molar-refractivity contribution in [3.05, 3.63) is 10.9 Å². The van der Waals surface area contributed by atoms with Gasteiger partial charge in [0.25, 0.3) is 10.1 Å². The van der Waals surface area contributed by atoms with Crippen LogP contribution in [-0.2, 0) is 19.1 Å². The summed E-state index contributed by atoms with van der Waals surface area (Å²) >= 11 is 5.65. The number of hydrogen-bond acceptors (Lipinski definition) is 5. The van der Waals surface area contributed by atoms with Crippen LogP contribution in [0.25, 0.3) is 0 Å². The van der Waals surface area contributed by atoms with Crippen LogP contribution in [0.5, 0.6) is 0 Å². The van der Waals surface area contributed by atoms with Crippen LogP contribution >= 0.6 is 11.6 Å². The Balaban J connectivity index is 2.49. The van der Waals surface area contributed by atoms with Gasteiger partial charge in [-0.3, -0.25) is 0 Å². The first kappa shape index (κ1) is 10.6. The van der Waals surface area contributed by atoms with Crippen molar-refractivity contribution in [3.63, 3.8) is 0 Å². The SMILES string of the molecule is CS(=O)(=O)ONC(Cl)=C1CCCO1. The van der Waals surface area contributed by atoms with E-state index in [0.29, 0.717) is 18.8 Å². The lowest BCUT2D eigenvalue weighted by molar-refractivity contribution is 0.222. The third-order valence-corrected chi connectivity index (χ3v) is 2.03. The molecule has 1 aliphatic rings. The Morgan fingerprint density at radius 2 is 2.38 bits per heavy atom. The molecular weight excluding hydrogens is 218 g/mol. The minimum atomic E-state index is -3.53. The predicted molar refractivity (Wildman–Crippen MR) is 47.1 cm³/mol. The molecule has 0 aromatic rings. The quantitative estimate of drug-likeness (QED) is 0.568. The van der Waals surface area contributed by atoms with Crippen LogP contribution in [0.2, 0.25) is 0 Å². The van der Waals surface area contributed by atoms with Gasteiger partial charge >= 0.3 is 0 Å². The fraction of sp³-hybridized carbons (Fsp3) is 0.667. The smallest absolute Gasteiger partial charge is 0.284 e. The Bertz CT molecular complexity index is 303. The number of halogens is 1. The highest BCUT2D eigenvalue weighted by atomic mass is 35.5. The van der Waals surface area contributed by atoms with Gasteiger partial charge in [-0.05, 0) is 6.42 Å². The molecule has 0 unspecified atom stereocenters. The minimum absolute atomic E-state index is 0.0860. The van der Waals surface area contributed by atoms with E-state index in [1.54, 1.807) is 0 Å². The van der Waals surface area contributed by atoms with Gasteiger partial charge in [-0.2, -0.15) is 12.7 Å². The molecule has 1 saturated heterocycles. The van der Waals surface area contributed by atoms with E-state index >= 15 is 0 Å². The molecular formula is C6H10ClNO4S. The molecule has 5 nitrogen and oxygen atoms in total. The van der Waals surface area contributed by atoms with Crippen LogP contribution < -0.4 is 5.48 Å². The highest BCUT2D eigenvalue weighted by molar-refractivity contribution is 7.85. The summed E-state index contributed by atoms with van der Waals surface area (Å²) in [6, 6.07) is 0. The Morgan fingerprint density at radius 1 is 1.69 bits per heavy atom. The van der Waals surface area contributed by atoms with E-state index in [0.717, 1.165) is 12.7 Å². The van der Waals surface area contributed by atoms with Gasteiger partial charge in [0.15, 0.2) is 5.16 Å². The van der Waals surface area contributed by atoms with Gasteiger partial charge in [-0.25, -0.2) is 5.48 Å². The van der Waals surface area contributed by atoms with Crippen LogP contribution in [0.1, 0.15) is 12.8 Å². The molecule has 7 heteroatoms. The van der Waals surface area contributed by atoms with Gasteiger partial charge < -0.3 is 4.74 Å². The Morgan fingerprint density at radius 3 is 2.85 bits per heavy atom. The largest absolute Gasteiger partial charge is 0.495 e. The van der Waals surface area contributed by atoms with E-state index in [2.05, 4.69) is 9.76 Å². The third kappa shape index (κ3) is 3.84. The molecule has 0 radical (unpaired) electrons. The molecule has 1 aliphatic heterocycles. The Hall–Kier alpha value is -0.460. The van der Waals surface area contributed by atoms with Crippen LogP contribution in [0.3, 0.4) is 0 Å². The molecule has 0 amide bonds. The minimum Gasteiger partial charge on any atom is -0.495 e.